The zero-order chi connectivity index (χ0) is 9.97. The molecular weight excluding hydrogens is 182 g/mol. The number of carbonyl (C=O) groups excluding carboxylic acids is 1. The number of carbonyl (C=O) groups is 1. The van der Waals surface area contributed by atoms with E-state index >= 15 is 0 Å². The second-order valence-electron chi connectivity index (χ2n) is 3.45. The number of aromatic nitrogens is 2. The van der Waals surface area contributed by atoms with Crippen LogP contribution in [0.25, 0.3) is 0 Å². The number of amides is 1. The molecule has 1 aromatic heterocycles. The first-order valence-electron chi connectivity index (χ1n) is 4.74. The molecule has 1 aliphatic heterocycles. The lowest BCUT2D eigenvalue weighted by atomic mass is 10.2. The summed E-state index contributed by atoms with van der Waals surface area (Å²) in [5, 5.41) is 15.4. The van der Waals surface area contributed by atoms with Crippen molar-refractivity contribution >= 4 is 5.91 Å². The van der Waals surface area contributed by atoms with Crippen LogP contribution < -0.4 is 0 Å². The number of aromatic amines is 1. The summed E-state index contributed by atoms with van der Waals surface area (Å²) in [6.07, 6.45) is 3.40. The Morgan fingerprint density at radius 1 is 1.79 bits per heavy atom. The molecule has 0 aromatic carbocycles. The van der Waals surface area contributed by atoms with Gasteiger partial charge < -0.3 is 10.0 Å². The van der Waals surface area contributed by atoms with E-state index in [9.17, 15) is 4.79 Å². The van der Waals surface area contributed by atoms with Crippen LogP contribution >= 0.6 is 0 Å². The summed E-state index contributed by atoms with van der Waals surface area (Å²) in [5.41, 5.74) is 0.491. The van der Waals surface area contributed by atoms with Gasteiger partial charge in [-0.15, -0.1) is 0 Å². The molecule has 1 atom stereocenters. The standard InChI is InChI=1S/C9H13N3O2/c13-6-7-2-1-5-12(7)9(14)8-3-4-10-11-8/h3-4,7,13H,1-2,5-6H2,(H,10,11)/t7-/m1/s1. The third-order valence-electron chi connectivity index (χ3n) is 2.58. The van der Waals surface area contributed by atoms with Gasteiger partial charge in [-0.05, 0) is 18.9 Å². The minimum absolute atomic E-state index is 0.0224. The minimum atomic E-state index is -0.0703. The molecule has 2 heterocycles. The monoisotopic (exact) mass is 195 g/mol. The number of rotatable bonds is 2. The van der Waals surface area contributed by atoms with Gasteiger partial charge in [0, 0.05) is 12.7 Å². The molecule has 0 bridgehead atoms. The SMILES string of the molecule is O=C(c1ccn[nH]1)N1CCC[C@@H]1CO. The number of H-pyrrole nitrogens is 1. The second kappa shape index (κ2) is 3.79. The van der Waals surface area contributed by atoms with Crippen molar-refractivity contribution in [2.24, 2.45) is 0 Å². The third kappa shape index (κ3) is 1.50. The van der Waals surface area contributed by atoms with Crippen LogP contribution in [0.4, 0.5) is 0 Å². The first-order chi connectivity index (χ1) is 6.83. The molecule has 76 valence electrons. The maximum atomic E-state index is 11.8. The van der Waals surface area contributed by atoms with Crippen molar-refractivity contribution in [1.29, 1.82) is 0 Å². The largest absolute Gasteiger partial charge is 0.394 e. The minimum Gasteiger partial charge on any atom is -0.394 e. The molecule has 1 amide bonds. The van der Waals surface area contributed by atoms with Crippen molar-refractivity contribution in [1.82, 2.24) is 15.1 Å². The Labute approximate surface area is 81.7 Å². The quantitative estimate of drug-likeness (QED) is 0.698. The van der Waals surface area contributed by atoms with Gasteiger partial charge in [0.25, 0.3) is 5.91 Å². The predicted molar refractivity (Wildman–Crippen MR) is 49.7 cm³/mol. The maximum Gasteiger partial charge on any atom is 0.272 e. The maximum absolute atomic E-state index is 11.8. The number of aliphatic hydroxyl groups excluding tert-OH is 1. The molecule has 5 nitrogen and oxygen atoms in total. The summed E-state index contributed by atoms with van der Waals surface area (Å²) >= 11 is 0. The smallest absolute Gasteiger partial charge is 0.272 e. The van der Waals surface area contributed by atoms with Gasteiger partial charge in [0.1, 0.15) is 5.69 Å². The molecule has 2 N–H and O–H groups in total. The van der Waals surface area contributed by atoms with Crippen molar-refractivity contribution in [2.75, 3.05) is 13.2 Å². The number of hydrogen-bond donors (Lipinski definition) is 2. The van der Waals surface area contributed by atoms with Crippen molar-refractivity contribution in [3.63, 3.8) is 0 Å². The average molecular weight is 195 g/mol. The van der Waals surface area contributed by atoms with E-state index in [0.717, 1.165) is 19.4 Å². The van der Waals surface area contributed by atoms with E-state index in [0.29, 0.717) is 5.69 Å². The van der Waals surface area contributed by atoms with E-state index in [1.54, 1.807) is 17.2 Å². The Morgan fingerprint density at radius 3 is 3.29 bits per heavy atom. The fraction of sp³-hybridized carbons (Fsp3) is 0.556. The molecule has 14 heavy (non-hydrogen) atoms. The highest BCUT2D eigenvalue weighted by Gasteiger charge is 2.29. The van der Waals surface area contributed by atoms with Crippen molar-refractivity contribution in [2.45, 2.75) is 18.9 Å². The number of nitrogens with zero attached hydrogens (tertiary/aromatic N) is 2. The van der Waals surface area contributed by atoms with Crippen molar-refractivity contribution in [3.05, 3.63) is 18.0 Å². The van der Waals surface area contributed by atoms with Gasteiger partial charge in [-0.25, -0.2) is 0 Å². The molecule has 1 saturated heterocycles. The van der Waals surface area contributed by atoms with Gasteiger partial charge >= 0.3 is 0 Å². The van der Waals surface area contributed by atoms with Gasteiger partial charge in [-0.2, -0.15) is 5.10 Å². The van der Waals surface area contributed by atoms with Gasteiger partial charge in [-0.3, -0.25) is 9.89 Å². The molecule has 0 spiro atoms. The predicted octanol–water partition coefficient (Wildman–Crippen LogP) is 0.00660. The lowest BCUT2D eigenvalue weighted by Gasteiger charge is -2.21. The Hall–Kier alpha value is -1.36. The lowest BCUT2D eigenvalue weighted by molar-refractivity contribution is 0.0671. The summed E-state index contributed by atoms with van der Waals surface area (Å²) in [5.74, 6) is -0.0703. The summed E-state index contributed by atoms with van der Waals surface area (Å²) in [4.78, 5) is 13.5. The van der Waals surface area contributed by atoms with E-state index in [1.807, 2.05) is 0 Å². The molecule has 0 aliphatic carbocycles. The molecule has 0 unspecified atom stereocenters. The van der Waals surface area contributed by atoms with Crippen LogP contribution in [-0.2, 0) is 0 Å². The summed E-state index contributed by atoms with van der Waals surface area (Å²) in [7, 11) is 0. The van der Waals surface area contributed by atoms with Crippen molar-refractivity contribution < 1.29 is 9.90 Å². The fourth-order valence-electron chi connectivity index (χ4n) is 1.82. The van der Waals surface area contributed by atoms with Gasteiger partial charge in [0.2, 0.25) is 0 Å². The molecule has 0 radical (unpaired) electrons. The fourth-order valence-corrected chi connectivity index (χ4v) is 1.82. The first kappa shape index (κ1) is 9.21. The van der Waals surface area contributed by atoms with E-state index in [1.165, 1.54) is 0 Å². The highest BCUT2D eigenvalue weighted by Crippen LogP contribution is 2.18. The van der Waals surface area contributed by atoms with Crippen LogP contribution in [0.2, 0.25) is 0 Å². The second-order valence-corrected chi connectivity index (χ2v) is 3.45. The summed E-state index contributed by atoms with van der Waals surface area (Å²) < 4.78 is 0. The lowest BCUT2D eigenvalue weighted by Crippen LogP contribution is -2.37. The Bertz CT molecular complexity index is 310. The van der Waals surface area contributed by atoms with Crippen LogP contribution in [0.15, 0.2) is 12.3 Å². The normalized spacial score (nSPS) is 21.5. The highest BCUT2D eigenvalue weighted by atomic mass is 16.3. The molecule has 0 saturated carbocycles. The molecular formula is C9H13N3O2. The zero-order valence-corrected chi connectivity index (χ0v) is 7.81. The number of likely N-dealkylation sites (tertiary alicyclic amines) is 1. The van der Waals surface area contributed by atoms with Gasteiger partial charge in [0.05, 0.1) is 12.6 Å². The van der Waals surface area contributed by atoms with E-state index < -0.39 is 0 Å². The number of aliphatic hydroxyl groups is 1. The van der Waals surface area contributed by atoms with Crippen LogP contribution in [0.5, 0.6) is 0 Å². The van der Waals surface area contributed by atoms with Crippen LogP contribution in [0.3, 0.4) is 0 Å². The average Bonchev–Trinajstić information content (AvgIpc) is 2.87. The summed E-state index contributed by atoms with van der Waals surface area (Å²) in [6, 6.07) is 1.63. The molecule has 5 heteroatoms. The van der Waals surface area contributed by atoms with Gasteiger partial charge in [-0.1, -0.05) is 0 Å². The highest BCUT2D eigenvalue weighted by molar-refractivity contribution is 5.92. The Morgan fingerprint density at radius 2 is 2.64 bits per heavy atom. The van der Waals surface area contributed by atoms with Gasteiger partial charge in [0.15, 0.2) is 0 Å². The third-order valence-corrected chi connectivity index (χ3v) is 2.58. The molecule has 1 fully saturated rings. The number of nitrogens with one attached hydrogen (secondary N) is 1. The molecule has 1 aliphatic rings. The topological polar surface area (TPSA) is 69.2 Å². The number of hydrogen-bond acceptors (Lipinski definition) is 3. The van der Waals surface area contributed by atoms with E-state index in [4.69, 9.17) is 5.11 Å². The van der Waals surface area contributed by atoms with Crippen molar-refractivity contribution in [3.8, 4) is 0 Å². The van der Waals surface area contributed by atoms with Crippen LogP contribution in [-0.4, -0.2) is 45.3 Å². The molecule has 1 aromatic rings. The van der Waals surface area contributed by atoms with E-state index in [2.05, 4.69) is 10.2 Å². The summed E-state index contributed by atoms with van der Waals surface area (Å²) in [6.45, 7) is 0.767. The van der Waals surface area contributed by atoms with Crippen LogP contribution in [0, 0.1) is 0 Å². The zero-order valence-electron chi connectivity index (χ0n) is 7.81. The Balaban J connectivity index is 2.11. The first-order valence-corrected chi connectivity index (χ1v) is 4.74. The molecule has 2 rings (SSSR count). The van der Waals surface area contributed by atoms with Crippen LogP contribution in [0.1, 0.15) is 23.3 Å². The van der Waals surface area contributed by atoms with E-state index in [-0.39, 0.29) is 18.6 Å². The Kier molecular flexibility index (Phi) is 2.49.